The number of para-hydroxylation sites is 1. The van der Waals surface area contributed by atoms with Crippen LogP contribution < -0.4 is 10.6 Å². The number of nitrogens with one attached hydrogen (secondary N) is 2. The molecule has 0 aliphatic heterocycles. The minimum absolute atomic E-state index is 0.0333. The van der Waals surface area contributed by atoms with Crippen molar-refractivity contribution in [3.05, 3.63) is 71.4 Å². The minimum atomic E-state index is -0.786. The smallest absolute Gasteiger partial charge is 0.355 e. The second kappa shape index (κ2) is 10.1. The number of hydrogen-bond acceptors (Lipinski definition) is 4. The topological polar surface area (TPSA) is 84.5 Å². The number of hydrogen-bond donors (Lipinski definition) is 2. The van der Waals surface area contributed by atoms with Crippen LogP contribution in [0.2, 0.25) is 0 Å². The molecule has 2 N–H and O–H groups in total. The SMILES string of the molecule is CC(=O)N/C(=C\c1ccccc1)C(=O)OCC(=O)Nc1ccccc1C(C)C. The van der Waals surface area contributed by atoms with Crippen molar-refractivity contribution < 1.29 is 19.1 Å². The van der Waals surface area contributed by atoms with Crippen LogP contribution in [0.1, 0.15) is 37.8 Å². The number of esters is 1. The summed E-state index contributed by atoms with van der Waals surface area (Å²) in [5, 5.41) is 5.20. The molecule has 146 valence electrons. The van der Waals surface area contributed by atoms with Crippen LogP contribution in [0.15, 0.2) is 60.3 Å². The molecule has 6 heteroatoms. The Hall–Kier alpha value is -3.41. The van der Waals surface area contributed by atoms with Crippen LogP contribution in [0.25, 0.3) is 6.08 Å². The van der Waals surface area contributed by atoms with Crippen molar-refractivity contribution in [1.82, 2.24) is 5.32 Å². The lowest BCUT2D eigenvalue weighted by Crippen LogP contribution is -2.29. The molecule has 0 aliphatic rings. The van der Waals surface area contributed by atoms with E-state index in [1.54, 1.807) is 18.2 Å². The van der Waals surface area contributed by atoms with Gasteiger partial charge in [0.1, 0.15) is 5.70 Å². The van der Waals surface area contributed by atoms with Gasteiger partial charge in [-0.2, -0.15) is 0 Å². The lowest BCUT2D eigenvalue weighted by molar-refractivity contribution is -0.144. The molecule has 2 rings (SSSR count). The molecule has 2 aromatic rings. The molecule has 0 radical (unpaired) electrons. The van der Waals surface area contributed by atoms with E-state index in [1.807, 2.05) is 50.2 Å². The largest absolute Gasteiger partial charge is 0.451 e. The molecule has 2 amide bonds. The van der Waals surface area contributed by atoms with Gasteiger partial charge in [-0.1, -0.05) is 62.4 Å². The quantitative estimate of drug-likeness (QED) is 0.569. The van der Waals surface area contributed by atoms with Gasteiger partial charge in [0.05, 0.1) is 0 Å². The molecule has 0 bridgehead atoms. The van der Waals surface area contributed by atoms with Gasteiger partial charge in [-0.15, -0.1) is 0 Å². The number of rotatable bonds is 7. The fourth-order valence-electron chi connectivity index (χ4n) is 2.56. The molecular formula is C22H24N2O4. The summed E-state index contributed by atoms with van der Waals surface area (Å²) in [5.74, 6) is -1.41. The molecule has 0 spiro atoms. The second-order valence-corrected chi connectivity index (χ2v) is 6.52. The van der Waals surface area contributed by atoms with Crippen molar-refractivity contribution in [3.8, 4) is 0 Å². The third-order valence-corrected chi connectivity index (χ3v) is 3.83. The Morgan fingerprint density at radius 2 is 1.64 bits per heavy atom. The van der Waals surface area contributed by atoms with Crippen LogP contribution in [0.5, 0.6) is 0 Å². The number of carbonyl (C=O) groups is 3. The summed E-state index contributed by atoms with van der Waals surface area (Å²) in [6.07, 6.45) is 1.50. The van der Waals surface area contributed by atoms with E-state index in [0.29, 0.717) is 5.69 Å². The lowest BCUT2D eigenvalue weighted by Gasteiger charge is -2.14. The highest BCUT2D eigenvalue weighted by Crippen LogP contribution is 2.23. The van der Waals surface area contributed by atoms with Crippen molar-refractivity contribution in [1.29, 1.82) is 0 Å². The van der Waals surface area contributed by atoms with Gasteiger partial charge < -0.3 is 15.4 Å². The van der Waals surface area contributed by atoms with Crippen molar-refractivity contribution in [2.45, 2.75) is 26.7 Å². The highest BCUT2D eigenvalue weighted by molar-refractivity contribution is 5.99. The van der Waals surface area contributed by atoms with Crippen LogP contribution in [0.3, 0.4) is 0 Å². The predicted molar refractivity (Wildman–Crippen MR) is 108 cm³/mol. The summed E-state index contributed by atoms with van der Waals surface area (Å²) < 4.78 is 5.08. The van der Waals surface area contributed by atoms with Gasteiger partial charge in [-0.05, 0) is 29.2 Å². The molecule has 0 fully saturated rings. The fraction of sp³-hybridized carbons (Fsp3) is 0.227. The molecule has 0 heterocycles. The lowest BCUT2D eigenvalue weighted by atomic mass is 10.0. The Morgan fingerprint density at radius 3 is 2.29 bits per heavy atom. The van der Waals surface area contributed by atoms with Crippen LogP contribution in [0, 0.1) is 0 Å². The highest BCUT2D eigenvalue weighted by Gasteiger charge is 2.16. The van der Waals surface area contributed by atoms with E-state index in [2.05, 4.69) is 10.6 Å². The predicted octanol–water partition coefficient (Wildman–Crippen LogP) is 3.47. The Labute approximate surface area is 164 Å². The third kappa shape index (κ3) is 6.39. The van der Waals surface area contributed by atoms with Crippen molar-refractivity contribution in [2.24, 2.45) is 0 Å². The van der Waals surface area contributed by atoms with E-state index in [1.165, 1.54) is 13.0 Å². The normalized spacial score (nSPS) is 11.1. The summed E-state index contributed by atoms with van der Waals surface area (Å²) in [4.78, 5) is 35.9. The summed E-state index contributed by atoms with van der Waals surface area (Å²) in [5.41, 5.74) is 2.36. The first-order chi connectivity index (χ1) is 13.4. The molecule has 0 aliphatic carbocycles. The first-order valence-corrected chi connectivity index (χ1v) is 8.97. The van der Waals surface area contributed by atoms with Gasteiger partial charge >= 0.3 is 5.97 Å². The average molecular weight is 380 g/mol. The molecule has 0 aromatic heterocycles. The van der Waals surface area contributed by atoms with E-state index in [0.717, 1.165) is 11.1 Å². The van der Waals surface area contributed by atoms with Crippen LogP contribution in [-0.4, -0.2) is 24.4 Å². The molecule has 0 saturated heterocycles. The van der Waals surface area contributed by atoms with E-state index in [-0.39, 0.29) is 11.6 Å². The van der Waals surface area contributed by atoms with Crippen LogP contribution in [-0.2, 0) is 19.1 Å². The number of anilines is 1. The zero-order valence-corrected chi connectivity index (χ0v) is 16.2. The Balaban J connectivity index is 2.03. The Morgan fingerprint density at radius 1 is 1.00 bits per heavy atom. The molecular weight excluding hydrogens is 356 g/mol. The number of benzene rings is 2. The number of ether oxygens (including phenoxy) is 1. The summed E-state index contributed by atoms with van der Waals surface area (Å²) in [6, 6.07) is 16.5. The summed E-state index contributed by atoms with van der Waals surface area (Å²) in [7, 11) is 0. The maximum Gasteiger partial charge on any atom is 0.355 e. The van der Waals surface area contributed by atoms with E-state index >= 15 is 0 Å². The van der Waals surface area contributed by atoms with Gasteiger partial charge in [-0.25, -0.2) is 4.79 Å². The van der Waals surface area contributed by atoms with Gasteiger partial charge in [-0.3, -0.25) is 9.59 Å². The monoisotopic (exact) mass is 380 g/mol. The summed E-state index contributed by atoms with van der Waals surface area (Å²) in [6.45, 7) is 4.89. The number of amides is 2. The molecule has 28 heavy (non-hydrogen) atoms. The van der Waals surface area contributed by atoms with Gasteiger partial charge in [0.25, 0.3) is 5.91 Å². The summed E-state index contributed by atoms with van der Waals surface area (Å²) >= 11 is 0. The van der Waals surface area contributed by atoms with Gasteiger partial charge in [0.15, 0.2) is 6.61 Å². The van der Waals surface area contributed by atoms with Crippen molar-refractivity contribution >= 4 is 29.5 Å². The number of carbonyl (C=O) groups excluding carboxylic acids is 3. The van der Waals surface area contributed by atoms with E-state index in [4.69, 9.17) is 4.74 Å². The maximum atomic E-state index is 12.3. The fourth-order valence-corrected chi connectivity index (χ4v) is 2.56. The van der Waals surface area contributed by atoms with Gasteiger partial charge in [0.2, 0.25) is 5.91 Å². The molecule has 0 atom stereocenters. The zero-order valence-electron chi connectivity index (χ0n) is 16.2. The third-order valence-electron chi connectivity index (χ3n) is 3.83. The zero-order chi connectivity index (χ0) is 20.5. The van der Waals surface area contributed by atoms with E-state index < -0.39 is 24.4 Å². The van der Waals surface area contributed by atoms with Crippen LogP contribution in [0.4, 0.5) is 5.69 Å². The van der Waals surface area contributed by atoms with E-state index in [9.17, 15) is 14.4 Å². The molecule has 2 aromatic carbocycles. The average Bonchev–Trinajstić information content (AvgIpc) is 2.66. The minimum Gasteiger partial charge on any atom is -0.451 e. The first-order valence-electron chi connectivity index (χ1n) is 8.97. The van der Waals surface area contributed by atoms with Crippen molar-refractivity contribution in [2.75, 3.05) is 11.9 Å². The standard InChI is InChI=1S/C22H24N2O4/c1-15(2)18-11-7-8-12-19(18)24-21(26)14-28-22(27)20(23-16(3)25)13-17-9-5-4-6-10-17/h4-13,15H,14H2,1-3H3,(H,23,25)(H,24,26)/b20-13-. The first kappa shape index (κ1) is 20.9. The Kier molecular flexibility index (Phi) is 7.51. The Bertz CT molecular complexity index is 873. The van der Waals surface area contributed by atoms with Crippen LogP contribution >= 0.6 is 0 Å². The molecule has 6 nitrogen and oxygen atoms in total. The van der Waals surface area contributed by atoms with Crippen molar-refractivity contribution in [3.63, 3.8) is 0 Å². The molecule has 0 saturated carbocycles. The maximum absolute atomic E-state index is 12.3. The highest BCUT2D eigenvalue weighted by atomic mass is 16.5. The second-order valence-electron chi connectivity index (χ2n) is 6.52. The molecule has 0 unspecified atom stereocenters. The van der Waals surface area contributed by atoms with Gasteiger partial charge in [0, 0.05) is 12.6 Å².